The van der Waals surface area contributed by atoms with Crippen LogP contribution in [0.4, 0.5) is 13.2 Å². The molecule has 1 N–H and O–H groups in total. The number of halogens is 5. The number of hydrogen-bond acceptors (Lipinski definition) is 2. The molecule has 1 aromatic carbocycles. The molecule has 24 heavy (non-hydrogen) atoms. The summed E-state index contributed by atoms with van der Waals surface area (Å²) in [5, 5.41) is 0.470. The predicted molar refractivity (Wildman–Crippen MR) is 86.3 cm³/mol. The zero-order chi connectivity index (χ0) is 18.1. The van der Waals surface area contributed by atoms with Crippen LogP contribution in [-0.4, -0.2) is 33.9 Å². The van der Waals surface area contributed by atoms with Crippen molar-refractivity contribution in [3.05, 3.63) is 39.6 Å². The molecule has 0 aliphatic heterocycles. The molecule has 4 nitrogen and oxygen atoms in total. The molecular weight excluding hydrogens is 366 g/mol. The minimum atomic E-state index is -4.75. The number of aromatic nitrogens is 2. The van der Waals surface area contributed by atoms with Crippen molar-refractivity contribution in [2.24, 2.45) is 0 Å². The van der Waals surface area contributed by atoms with Gasteiger partial charge in [0.15, 0.2) is 11.4 Å². The third-order valence-corrected chi connectivity index (χ3v) is 3.97. The van der Waals surface area contributed by atoms with E-state index in [-0.39, 0.29) is 29.5 Å². The topological polar surface area (TPSA) is 49.0 Å². The third kappa shape index (κ3) is 3.67. The number of carbonyl (C=O) groups is 1. The van der Waals surface area contributed by atoms with E-state index in [9.17, 15) is 18.0 Å². The minimum Gasteiger partial charge on any atom is -0.338 e. The number of hydrogen-bond donors (Lipinski definition) is 1. The van der Waals surface area contributed by atoms with Gasteiger partial charge in [-0.2, -0.15) is 13.2 Å². The number of nitrogens with zero attached hydrogens (tertiary/aromatic N) is 2. The van der Waals surface area contributed by atoms with Crippen LogP contribution in [0, 0.1) is 0 Å². The highest BCUT2D eigenvalue weighted by atomic mass is 35.5. The molecule has 9 heteroatoms. The van der Waals surface area contributed by atoms with Crippen LogP contribution in [-0.2, 0) is 6.18 Å². The van der Waals surface area contributed by atoms with Crippen LogP contribution < -0.4 is 0 Å². The lowest BCUT2D eigenvalue weighted by atomic mass is 10.2. The molecule has 0 aliphatic rings. The number of amides is 1. The van der Waals surface area contributed by atoms with Crippen molar-refractivity contribution in [3.63, 3.8) is 0 Å². The highest BCUT2D eigenvalue weighted by molar-refractivity contribution is 6.36. The summed E-state index contributed by atoms with van der Waals surface area (Å²) in [6.07, 6.45) is -4.75. The van der Waals surface area contributed by atoms with Gasteiger partial charge >= 0.3 is 6.18 Å². The Hall–Kier alpha value is -1.73. The molecule has 2 rings (SSSR count). The Bertz CT molecular complexity index is 755. The van der Waals surface area contributed by atoms with Crippen LogP contribution in [0.3, 0.4) is 0 Å². The van der Waals surface area contributed by atoms with E-state index in [0.717, 1.165) is 0 Å². The molecule has 0 aliphatic carbocycles. The molecule has 0 fully saturated rings. The lowest BCUT2D eigenvalue weighted by molar-refractivity contribution is -0.141. The molecule has 0 saturated heterocycles. The van der Waals surface area contributed by atoms with Crippen molar-refractivity contribution in [1.82, 2.24) is 14.9 Å². The molecule has 0 atom stereocenters. The highest BCUT2D eigenvalue weighted by Gasteiger charge is 2.40. The van der Waals surface area contributed by atoms with Crippen molar-refractivity contribution in [2.45, 2.75) is 20.0 Å². The largest absolute Gasteiger partial charge is 0.433 e. The first-order valence-electron chi connectivity index (χ1n) is 7.10. The summed E-state index contributed by atoms with van der Waals surface area (Å²) in [6, 6.07) is 4.31. The zero-order valence-corrected chi connectivity index (χ0v) is 14.4. The van der Waals surface area contributed by atoms with Gasteiger partial charge in [0.05, 0.1) is 5.02 Å². The average molecular weight is 380 g/mol. The number of nitrogens with one attached hydrogen (secondary N) is 1. The number of alkyl halides is 3. The van der Waals surface area contributed by atoms with Gasteiger partial charge in [-0.05, 0) is 32.0 Å². The Morgan fingerprint density at radius 1 is 1.25 bits per heavy atom. The van der Waals surface area contributed by atoms with Gasteiger partial charge in [0.2, 0.25) is 0 Å². The van der Waals surface area contributed by atoms with Gasteiger partial charge in [0.25, 0.3) is 5.91 Å². The van der Waals surface area contributed by atoms with Gasteiger partial charge in [-0.15, -0.1) is 0 Å². The maximum absolute atomic E-state index is 13.3. The van der Waals surface area contributed by atoms with E-state index in [1.807, 2.05) is 0 Å². The first-order chi connectivity index (χ1) is 11.2. The van der Waals surface area contributed by atoms with Gasteiger partial charge in [0.1, 0.15) is 5.82 Å². The average Bonchev–Trinajstić information content (AvgIpc) is 2.93. The van der Waals surface area contributed by atoms with Crippen LogP contribution in [0.1, 0.15) is 30.0 Å². The number of benzene rings is 1. The van der Waals surface area contributed by atoms with Gasteiger partial charge in [-0.1, -0.05) is 23.2 Å². The highest BCUT2D eigenvalue weighted by Crippen LogP contribution is 2.35. The van der Waals surface area contributed by atoms with Crippen molar-refractivity contribution in [2.75, 3.05) is 13.1 Å². The van der Waals surface area contributed by atoms with Gasteiger partial charge in [-0.25, -0.2) is 4.98 Å². The molecule has 0 saturated carbocycles. The van der Waals surface area contributed by atoms with Crippen molar-refractivity contribution >= 4 is 29.1 Å². The number of H-pyrrole nitrogens is 1. The van der Waals surface area contributed by atoms with Gasteiger partial charge in [0, 0.05) is 23.7 Å². The zero-order valence-electron chi connectivity index (χ0n) is 12.8. The van der Waals surface area contributed by atoms with Crippen LogP contribution in [0.15, 0.2) is 18.2 Å². The predicted octanol–water partition coefficient (Wildman–Crippen LogP) is 4.88. The second kappa shape index (κ2) is 7.03. The number of aromatic amines is 1. The quantitative estimate of drug-likeness (QED) is 0.822. The SMILES string of the molecule is CCN(CC)C(=O)c1nc(-c2ccc(Cl)cc2Cl)[nH]c1C(F)(F)F. The van der Waals surface area contributed by atoms with Gasteiger partial charge < -0.3 is 9.88 Å². The van der Waals surface area contributed by atoms with Crippen molar-refractivity contribution in [1.29, 1.82) is 0 Å². The number of rotatable bonds is 4. The van der Waals surface area contributed by atoms with Crippen LogP contribution in [0.2, 0.25) is 10.0 Å². The fourth-order valence-corrected chi connectivity index (χ4v) is 2.70. The fourth-order valence-electron chi connectivity index (χ4n) is 2.20. The second-order valence-electron chi connectivity index (χ2n) is 4.91. The molecule has 0 bridgehead atoms. The molecule has 1 amide bonds. The molecule has 1 heterocycles. The second-order valence-corrected chi connectivity index (χ2v) is 5.75. The maximum Gasteiger partial charge on any atom is 0.433 e. The fraction of sp³-hybridized carbons (Fsp3) is 0.333. The first-order valence-corrected chi connectivity index (χ1v) is 7.86. The van der Waals surface area contributed by atoms with Crippen LogP contribution in [0.5, 0.6) is 0 Å². The van der Waals surface area contributed by atoms with Crippen LogP contribution in [0.25, 0.3) is 11.4 Å². The number of carbonyl (C=O) groups excluding carboxylic acids is 1. The Kier molecular flexibility index (Phi) is 5.45. The molecule has 2 aromatic rings. The van der Waals surface area contributed by atoms with E-state index >= 15 is 0 Å². The van der Waals surface area contributed by atoms with E-state index in [0.29, 0.717) is 5.02 Å². The summed E-state index contributed by atoms with van der Waals surface area (Å²) in [5.41, 5.74) is -1.64. The molecule has 0 radical (unpaired) electrons. The van der Waals surface area contributed by atoms with Crippen molar-refractivity contribution < 1.29 is 18.0 Å². The molecule has 0 spiro atoms. The van der Waals surface area contributed by atoms with E-state index in [1.54, 1.807) is 13.8 Å². The summed E-state index contributed by atoms with van der Waals surface area (Å²) in [4.78, 5) is 19.6. The molecular formula is C15H14Cl2F3N3O. The van der Waals surface area contributed by atoms with Crippen molar-refractivity contribution in [3.8, 4) is 11.4 Å². The molecule has 130 valence electrons. The molecule has 0 unspecified atom stereocenters. The standard InChI is InChI=1S/C15H14Cl2F3N3O/c1-3-23(4-2)14(24)11-12(15(18,19)20)22-13(21-11)9-6-5-8(16)7-10(9)17/h5-7H,3-4H2,1-2H3,(H,21,22). The summed E-state index contributed by atoms with van der Waals surface area (Å²) in [7, 11) is 0. The summed E-state index contributed by atoms with van der Waals surface area (Å²) >= 11 is 11.8. The Morgan fingerprint density at radius 3 is 2.38 bits per heavy atom. The minimum absolute atomic E-state index is 0.131. The lowest BCUT2D eigenvalue weighted by Gasteiger charge is -2.18. The number of imidazole rings is 1. The monoisotopic (exact) mass is 379 g/mol. The van der Waals surface area contributed by atoms with Gasteiger partial charge in [-0.3, -0.25) is 4.79 Å². The van der Waals surface area contributed by atoms with E-state index in [2.05, 4.69) is 9.97 Å². The molecule has 1 aromatic heterocycles. The Morgan fingerprint density at radius 2 is 1.88 bits per heavy atom. The summed E-state index contributed by atoms with van der Waals surface area (Å²) in [6.45, 7) is 3.91. The first kappa shape index (κ1) is 18.6. The Balaban J connectivity index is 2.59. The summed E-state index contributed by atoms with van der Waals surface area (Å²) < 4.78 is 39.8. The third-order valence-electron chi connectivity index (χ3n) is 3.43. The lowest BCUT2D eigenvalue weighted by Crippen LogP contribution is -2.32. The summed E-state index contributed by atoms with van der Waals surface area (Å²) in [5.74, 6) is -0.931. The van der Waals surface area contributed by atoms with Crippen LogP contribution >= 0.6 is 23.2 Å². The normalized spacial score (nSPS) is 11.6. The van der Waals surface area contributed by atoms with E-state index in [1.165, 1.54) is 23.1 Å². The Labute approximate surface area is 146 Å². The maximum atomic E-state index is 13.3. The smallest absolute Gasteiger partial charge is 0.338 e. The van der Waals surface area contributed by atoms with E-state index < -0.39 is 23.5 Å². The van der Waals surface area contributed by atoms with E-state index in [4.69, 9.17) is 23.2 Å².